The molecule has 0 aliphatic carbocycles. The van der Waals surface area contributed by atoms with Gasteiger partial charge in [-0.1, -0.05) is 0 Å². The number of fused-ring (bicyclic) bond motifs is 1. The van der Waals surface area contributed by atoms with Crippen LogP contribution in [0.2, 0.25) is 0 Å². The maximum absolute atomic E-state index is 8.60. The quantitative estimate of drug-likeness (QED) is 0.626. The minimum Gasteiger partial charge on any atom is -0.358 e. The van der Waals surface area contributed by atoms with E-state index in [1.165, 1.54) is 11.3 Å². The topological polar surface area (TPSA) is 90.9 Å². The number of hydrazine groups is 1. The molecule has 6 nitrogen and oxygen atoms in total. The van der Waals surface area contributed by atoms with Crippen molar-refractivity contribution in [2.45, 2.75) is 6.42 Å². The van der Waals surface area contributed by atoms with Crippen LogP contribution in [-0.4, -0.2) is 23.6 Å². The van der Waals surface area contributed by atoms with Crippen LogP contribution in [0.5, 0.6) is 0 Å². The largest absolute Gasteiger partial charge is 0.358 e. The van der Waals surface area contributed by atoms with E-state index in [-0.39, 0.29) is 0 Å². The second-order valence-electron chi connectivity index (χ2n) is 3.48. The van der Waals surface area contributed by atoms with Crippen LogP contribution in [0.3, 0.4) is 0 Å². The molecule has 0 spiro atoms. The predicted octanol–water partition coefficient (Wildman–Crippen LogP) is 1.33. The molecule has 0 radical (unpaired) electrons. The Morgan fingerprint density at radius 2 is 2.41 bits per heavy atom. The van der Waals surface area contributed by atoms with Gasteiger partial charge in [0.25, 0.3) is 0 Å². The molecule has 0 saturated heterocycles. The van der Waals surface area contributed by atoms with Crippen LogP contribution in [0, 0.1) is 11.3 Å². The highest BCUT2D eigenvalue weighted by Gasteiger charge is 2.11. The van der Waals surface area contributed by atoms with Crippen LogP contribution >= 0.6 is 11.3 Å². The lowest BCUT2D eigenvalue weighted by atomic mass is 10.3. The van der Waals surface area contributed by atoms with Gasteiger partial charge in [-0.05, 0) is 11.4 Å². The molecule has 2 heterocycles. The third kappa shape index (κ3) is 2.27. The predicted molar refractivity (Wildman–Crippen MR) is 68.7 cm³/mol. The molecule has 88 valence electrons. The summed E-state index contributed by atoms with van der Waals surface area (Å²) in [7, 11) is 1.90. The van der Waals surface area contributed by atoms with E-state index >= 15 is 0 Å². The van der Waals surface area contributed by atoms with Gasteiger partial charge in [0.2, 0.25) is 5.95 Å². The third-order valence-electron chi connectivity index (χ3n) is 2.35. The summed E-state index contributed by atoms with van der Waals surface area (Å²) in [5.41, 5.74) is 2.45. The monoisotopic (exact) mass is 248 g/mol. The van der Waals surface area contributed by atoms with Crippen molar-refractivity contribution in [1.82, 2.24) is 9.97 Å². The van der Waals surface area contributed by atoms with Crippen molar-refractivity contribution in [1.29, 1.82) is 5.26 Å². The lowest BCUT2D eigenvalue weighted by Gasteiger charge is -2.17. The van der Waals surface area contributed by atoms with Gasteiger partial charge in [0.1, 0.15) is 10.6 Å². The summed E-state index contributed by atoms with van der Waals surface area (Å²) in [4.78, 5) is 11.4. The highest BCUT2D eigenvalue weighted by Crippen LogP contribution is 2.28. The third-order valence-corrected chi connectivity index (χ3v) is 3.16. The Morgan fingerprint density at radius 1 is 1.59 bits per heavy atom. The average molecular weight is 248 g/mol. The lowest BCUT2D eigenvalue weighted by molar-refractivity contribution is 0.887. The fraction of sp³-hybridized carbons (Fsp3) is 0.300. The van der Waals surface area contributed by atoms with Gasteiger partial charge in [-0.3, -0.25) is 5.43 Å². The Hall–Kier alpha value is -1.91. The van der Waals surface area contributed by atoms with Crippen molar-refractivity contribution >= 4 is 33.3 Å². The van der Waals surface area contributed by atoms with Crippen LogP contribution in [0.1, 0.15) is 6.42 Å². The molecule has 0 unspecified atom stereocenters. The Balaban J connectivity index is 2.43. The van der Waals surface area contributed by atoms with Gasteiger partial charge in [-0.2, -0.15) is 10.2 Å². The summed E-state index contributed by atoms with van der Waals surface area (Å²) in [5.74, 6) is 6.52. The van der Waals surface area contributed by atoms with Gasteiger partial charge >= 0.3 is 0 Å². The number of aromatic nitrogens is 2. The van der Waals surface area contributed by atoms with Crippen molar-refractivity contribution in [3.63, 3.8) is 0 Å². The number of hydrogen-bond acceptors (Lipinski definition) is 7. The Kier molecular flexibility index (Phi) is 3.37. The number of nitrogen functional groups attached to an aromatic ring is 1. The van der Waals surface area contributed by atoms with Crippen LogP contribution in [0.4, 0.5) is 11.8 Å². The fourth-order valence-electron chi connectivity index (χ4n) is 1.52. The van der Waals surface area contributed by atoms with Crippen molar-refractivity contribution in [3.8, 4) is 6.07 Å². The molecule has 2 aromatic heterocycles. The summed E-state index contributed by atoms with van der Waals surface area (Å²) in [6.07, 6.45) is 0.456. The molecule has 0 amide bonds. The summed E-state index contributed by atoms with van der Waals surface area (Å²) in [6, 6.07) is 4.09. The van der Waals surface area contributed by atoms with Crippen molar-refractivity contribution in [2.75, 3.05) is 23.9 Å². The minimum absolute atomic E-state index is 0.388. The van der Waals surface area contributed by atoms with Crippen molar-refractivity contribution < 1.29 is 0 Å². The fourth-order valence-corrected chi connectivity index (χ4v) is 2.28. The first-order valence-corrected chi connectivity index (χ1v) is 5.94. The molecular weight excluding hydrogens is 236 g/mol. The number of anilines is 2. The normalized spacial score (nSPS) is 10.2. The zero-order valence-corrected chi connectivity index (χ0v) is 10.2. The second-order valence-corrected chi connectivity index (χ2v) is 4.38. The summed E-state index contributed by atoms with van der Waals surface area (Å²) < 4.78 is 0. The Bertz CT molecular complexity index is 557. The molecular formula is C10H12N6S. The van der Waals surface area contributed by atoms with E-state index in [1.807, 2.05) is 23.4 Å². The highest BCUT2D eigenvalue weighted by molar-refractivity contribution is 7.16. The van der Waals surface area contributed by atoms with Gasteiger partial charge in [-0.25, -0.2) is 10.8 Å². The van der Waals surface area contributed by atoms with Crippen LogP contribution < -0.4 is 16.2 Å². The maximum Gasteiger partial charge on any atom is 0.240 e. The van der Waals surface area contributed by atoms with E-state index in [4.69, 9.17) is 11.1 Å². The van der Waals surface area contributed by atoms with Gasteiger partial charge in [-0.15, -0.1) is 11.3 Å². The summed E-state index contributed by atoms with van der Waals surface area (Å²) in [5, 5.41) is 11.5. The molecule has 3 N–H and O–H groups in total. The van der Waals surface area contributed by atoms with Crippen LogP contribution in [0.15, 0.2) is 11.4 Å². The van der Waals surface area contributed by atoms with Gasteiger partial charge < -0.3 is 4.90 Å². The first-order valence-electron chi connectivity index (χ1n) is 5.06. The number of nitrogens with two attached hydrogens (primary N) is 1. The molecule has 7 heteroatoms. The van der Waals surface area contributed by atoms with Crippen molar-refractivity contribution in [2.24, 2.45) is 5.84 Å². The Labute approximate surface area is 103 Å². The van der Waals surface area contributed by atoms with Crippen molar-refractivity contribution in [3.05, 3.63) is 11.4 Å². The van der Waals surface area contributed by atoms with E-state index in [0.717, 1.165) is 16.0 Å². The van der Waals surface area contributed by atoms with Gasteiger partial charge in [0.15, 0.2) is 0 Å². The number of nitriles is 1. The smallest absolute Gasteiger partial charge is 0.240 e. The molecule has 0 bridgehead atoms. The highest BCUT2D eigenvalue weighted by atomic mass is 32.1. The van der Waals surface area contributed by atoms with Gasteiger partial charge in [0.05, 0.1) is 17.9 Å². The molecule has 0 aromatic carbocycles. The van der Waals surface area contributed by atoms with Gasteiger partial charge in [0, 0.05) is 13.6 Å². The number of hydrogen-bond donors (Lipinski definition) is 2. The van der Waals surface area contributed by atoms with Crippen LogP contribution in [0.25, 0.3) is 10.2 Å². The molecule has 0 aliphatic heterocycles. The molecule has 0 fully saturated rings. The SMILES string of the molecule is CN(CCC#N)c1nc(NN)nc2sccc12. The average Bonchev–Trinajstić information content (AvgIpc) is 2.82. The summed E-state index contributed by atoms with van der Waals surface area (Å²) in [6.45, 7) is 0.627. The van der Waals surface area contributed by atoms with E-state index in [2.05, 4.69) is 21.5 Å². The number of nitrogens with zero attached hydrogens (tertiary/aromatic N) is 4. The first-order chi connectivity index (χ1) is 8.26. The number of nitrogens with one attached hydrogen (secondary N) is 1. The Morgan fingerprint density at radius 3 is 3.12 bits per heavy atom. The standard InChI is InChI=1S/C10H12N6S/c1-16(5-2-4-11)8-7-3-6-17-9(7)14-10(13-8)15-12/h3,6H,2,5,12H2,1H3,(H,13,14,15). The van der Waals surface area contributed by atoms with E-state index in [1.54, 1.807) is 0 Å². The zero-order chi connectivity index (χ0) is 12.3. The first kappa shape index (κ1) is 11.6. The minimum atomic E-state index is 0.388. The molecule has 2 rings (SSSR count). The summed E-state index contributed by atoms with van der Waals surface area (Å²) >= 11 is 1.53. The number of rotatable bonds is 4. The molecule has 0 saturated carbocycles. The molecule has 0 atom stereocenters. The van der Waals surface area contributed by atoms with E-state index < -0.39 is 0 Å². The lowest BCUT2D eigenvalue weighted by Crippen LogP contribution is -2.21. The number of thiophene rings is 1. The second kappa shape index (κ2) is 4.95. The maximum atomic E-state index is 8.60. The molecule has 2 aromatic rings. The van der Waals surface area contributed by atoms with E-state index in [9.17, 15) is 0 Å². The van der Waals surface area contributed by atoms with Crippen LogP contribution in [-0.2, 0) is 0 Å². The molecule has 0 aliphatic rings. The molecule has 17 heavy (non-hydrogen) atoms. The zero-order valence-electron chi connectivity index (χ0n) is 9.34. The van der Waals surface area contributed by atoms with E-state index in [0.29, 0.717) is 18.9 Å².